The second-order valence-corrected chi connectivity index (χ2v) is 6.20. The summed E-state index contributed by atoms with van der Waals surface area (Å²) in [6.45, 7) is 0.558. The number of rotatable bonds is 3. The molecule has 8 heteroatoms. The van der Waals surface area contributed by atoms with Crippen LogP contribution in [0, 0.1) is 11.3 Å². The van der Waals surface area contributed by atoms with Crippen molar-refractivity contribution in [1.29, 1.82) is 5.26 Å². The van der Waals surface area contributed by atoms with Gasteiger partial charge in [0.2, 0.25) is 0 Å². The fraction of sp³-hybridized carbons (Fsp3) is 0.222. The molecule has 1 amide bonds. The van der Waals surface area contributed by atoms with Gasteiger partial charge in [-0.3, -0.25) is 4.79 Å². The monoisotopic (exact) mass is 380 g/mol. The molecule has 0 atom stereocenters. The van der Waals surface area contributed by atoms with E-state index in [1.165, 1.54) is 30.3 Å². The number of likely N-dealkylation sites (tertiary alicyclic amines) is 1. The maximum Gasteiger partial charge on any atom is 0.573 e. The molecule has 4 nitrogen and oxygen atoms in total. The quantitative estimate of drug-likeness (QED) is 0.789. The van der Waals surface area contributed by atoms with E-state index in [0.29, 0.717) is 29.7 Å². The topological polar surface area (TPSA) is 53.3 Å². The van der Waals surface area contributed by atoms with E-state index in [0.717, 1.165) is 5.57 Å². The molecule has 0 aromatic heterocycles. The van der Waals surface area contributed by atoms with Gasteiger partial charge < -0.3 is 9.64 Å². The van der Waals surface area contributed by atoms with Gasteiger partial charge in [0, 0.05) is 25.1 Å². The molecule has 0 saturated carbocycles. The molecule has 1 aliphatic carbocycles. The molecule has 0 unspecified atom stereocenters. The van der Waals surface area contributed by atoms with Gasteiger partial charge in [0.05, 0.1) is 16.7 Å². The first-order valence-corrected chi connectivity index (χ1v) is 7.98. The minimum atomic E-state index is -4.74. The zero-order valence-corrected chi connectivity index (χ0v) is 14.1. The van der Waals surface area contributed by atoms with E-state index >= 15 is 0 Å². The summed E-state index contributed by atoms with van der Waals surface area (Å²) >= 11 is 6.18. The van der Waals surface area contributed by atoms with Gasteiger partial charge in [-0.1, -0.05) is 29.8 Å². The van der Waals surface area contributed by atoms with Crippen LogP contribution < -0.4 is 4.74 Å². The first-order chi connectivity index (χ1) is 12.3. The molecule has 3 rings (SSSR count). The van der Waals surface area contributed by atoms with Crippen molar-refractivity contribution in [2.75, 3.05) is 6.54 Å². The number of carbonyl (C=O) groups excluding carboxylic acids is 1. The predicted octanol–water partition coefficient (Wildman–Crippen LogP) is 4.20. The molecule has 1 aromatic carbocycles. The molecular weight excluding hydrogens is 369 g/mol. The predicted molar refractivity (Wildman–Crippen MR) is 87.8 cm³/mol. The van der Waals surface area contributed by atoms with Crippen LogP contribution in [0.5, 0.6) is 5.75 Å². The third kappa shape index (κ3) is 3.92. The smallest absolute Gasteiger partial charge is 0.406 e. The number of hydrogen-bond acceptors (Lipinski definition) is 3. The highest BCUT2D eigenvalue weighted by molar-refractivity contribution is 6.34. The van der Waals surface area contributed by atoms with Crippen LogP contribution in [0.15, 0.2) is 58.2 Å². The first kappa shape index (κ1) is 18.1. The molecule has 1 fully saturated rings. The number of nitriles is 1. The fourth-order valence-electron chi connectivity index (χ4n) is 2.81. The van der Waals surface area contributed by atoms with Gasteiger partial charge >= 0.3 is 6.36 Å². The van der Waals surface area contributed by atoms with Crippen LogP contribution in [0.25, 0.3) is 0 Å². The largest absolute Gasteiger partial charge is 0.573 e. The minimum Gasteiger partial charge on any atom is -0.406 e. The van der Waals surface area contributed by atoms with E-state index in [-0.39, 0.29) is 23.2 Å². The Hall–Kier alpha value is -2.72. The maximum absolute atomic E-state index is 12.6. The van der Waals surface area contributed by atoms with E-state index in [9.17, 15) is 18.0 Å². The zero-order chi connectivity index (χ0) is 18.9. The van der Waals surface area contributed by atoms with E-state index in [1.54, 1.807) is 11.0 Å². The number of fused-ring (bicyclic) bond motifs is 1. The minimum absolute atomic E-state index is 0.227. The first-order valence-electron chi connectivity index (χ1n) is 7.60. The highest BCUT2D eigenvalue weighted by Crippen LogP contribution is 2.33. The van der Waals surface area contributed by atoms with E-state index in [4.69, 9.17) is 16.9 Å². The Morgan fingerprint density at radius 3 is 2.58 bits per heavy atom. The molecule has 1 aromatic rings. The number of benzene rings is 1. The SMILES string of the molecule is N#CC1=CC(Cl)=C2C(=O)N(Cc3ccc(OC(F)(F)F)cc3)CC2=CC1. The number of carbonyl (C=O) groups is 1. The maximum atomic E-state index is 12.6. The van der Waals surface area contributed by atoms with Crippen molar-refractivity contribution in [2.45, 2.75) is 19.3 Å². The Kier molecular flexibility index (Phi) is 4.79. The second kappa shape index (κ2) is 6.89. The summed E-state index contributed by atoms with van der Waals surface area (Å²) in [5, 5.41) is 9.23. The Morgan fingerprint density at radius 1 is 1.27 bits per heavy atom. The molecular formula is C18H12ClF3N2O2. The lowest BCUT2D eigenvalue weighted by Gasteiger charge is -2.16. The Morgan fingerprint density at radius 2 is 1.96 bits per heavy atom. The third-order valence-electron chi connectivity index (χ3n) is 3.97. The number of amides is 1. The fourth-order valence-corrected chi connectivity index (χ4v) is 3.15. The molecule has 1 saturated heterocycles. The van der Waals surface area contributed by atoms with Crippen molar-refractivity contribution in [3.05, 3.63) is 63.7 Å². The number of hydrogen-bond donors (Lipinski definition) is 0. The number of allylic oxidation sites excluding steroid dienone is 4. The Bertz CT molecular complexity index is 877. The number of halogens is 4. The normalized spacial score (nSPS) is 17.3. The summed E-state index contributed by atoms with van der Waals surface area (Å²) in [5.41, 5.74) is 2.26. The summed E-state index contributed by atoms with van der Waals surface area (Å²) in [6, 6.07) is 7.38. The van der Waals surface area contributed by atoms with Crippen LogP contribution in [-0.4, -0.2) is 23.7 Å². The van der Waals surface area contributed by atoms with Gasteiger partial charge in [-0.2, -0.15) is 5.26 Å². The van der Waals surface area contributed by atoms with Crippen molar-refractivity contribution >= 4 is 17.5 Å². The van der Waals surface area contributed by atoms with Crippen LogP contribution >= 0.6 is 11.6 Å². The lowest BCUT2D eigenvalue weighted by Crippen LogP contribution is -2.24. The number of nitrogens with zero attached hydrogens (tertiary/aromatic N) is 2. The van der Waals surface area contributed by atoms with Crippen LogP contribution in [0.3, 0.4) is 0 Å². The zero-order valence-electron chi connectivity index (χ0n) is 13.3. The van der Waals surface area contributed by atoms with Gasteiger partial charge in [0.15, 0.2) is 0 Å². The summed E-state index contributed by atoms with van der Waals surface area (Å²) < 4.78 is 40.4. The molecule has 1 aliphatic heterocycles. The number of ether oxygens (including phenoxy) is 1. The molecule has 0 spiro atoms. The Labute approximate surface area is 152 Å². The van der Waals surface area contributed by atoms with E-state index in [2.05, 4.69) is 4.74 Å². The average molecular weight is 381 g/mol. The average Bonchev–Trinajstić information content (AvgIpc) is 2.77. The lowest BCUT2D eigenvalue weighted by molar-refractivity contribution is -0.274. The van der Waals surface area contributed by atoms with Gasteiger partial charge in [0.1, 0.15) is 5.75 Å². The van der Waals surface area contributed by atoms with Crippen molar-refractivity contribution in [2.24, 2.45) is 0 Å². The molecule has 0 N–H and O–H groups in total. The highest BCUT2D eigenvalue weighted by Gasteiger charge is 2.33. The van der Waals surface area contributed by atoms with Crippen molar-refractivity contribution in [1.82, 2.24) is 4.90 Å². The van der Waals surface area contributed by atoms with Crippen molar-refractivity contribution in [3.8, 4) is 11.8 Å². The standard InChI is InChI=1S/C18H12ClF3N2O2/c19-15-7-12(8-23)1-4-13-10-24(17(25)16(13)15)9-11-2-5-14(6-3-11)26-18(20,21)22/h2-7H,1,9-10H2. The molecule has 26 heavy (non-hydrogen) atoms. The van der Waals surface area contributed by atoms with E-state index in [1.807, 2.05) is 6.07 Å². The molecule has 0 radical (unpaired) electrons. The second-order valence-electron chi connectivity index (χ2n) is 5.79. The molecule has 1 heterocycles. The Balaban J connectivity index is 1.76. The summed E-state index contributed by atoms with van der Waals surface area (Å²) in [5.74, 6) is -0.589. The lowest BCUT2D eigenvalue weighted by atomic mass is 10.1. The summed E-state index contributed by atoms with van der Waals surface area (Å²) in [7, 11) is 0. The summed E-state index contributed by atoms with van der Waals surface area (Å²) in [4.78, 5) is 14.2. The van der Waals surface area contributed by atoms with Gasteiger partial charge in [-0.05, 0) is 29.3 Å². The molecule has 2 aliphatic rings. The van der Waals surface area contributed by atoms with E-state index < -0.39 is 6.36 Å². The summed E-state index contributed by atoms with van der Waals surface area (Å²) in [6.07, 6.45) is -1.05. The van der Waals surface area contributed by atoms with Crippen molar-refractivity contribution in [3.63, 3.8) is 0 Å². The van der Waals surface area contributed by atoms with Gasteiger partial charge in [-0.15, -0.1) is 13.2 Å². The molecule has 134 valence electrons. The molecule has 0 bridgehead atoms. The third-order valence-corrected chi connectivity index (χ3v) is 4.26. The number of alkyl halides is 3. The highest BCUT2D eigenvalue weighted by atomic mass is 35.5. The van der Waals surface area contributed by atoms with Crippen molar-refractivity contribution < 1.29 is 22.7 Å². The van der Waals surface area contributed by atoms with Crippen LogP contribution in [0.2, 0.25) is 0 Å². The van der Waals surface area contributed by atoms with Gasteiger partial charge in [-0.25, -0.2) is 0 Å². The van der Waals surface area contributed by atoms with Crippen LogP contribution in [-0.2, 0) is 11.3 Å². The van der Waals surface area contributed by atoms with Crippen LogP contribution in [0.1, 0.15) is 12.0 Å². The van der Waals surface area contributed by atoms with Gasteiger partial charge in [0.25, 0.3) is 5.91 Å². The van der Waals surface area contributed by atoms with Crippen LogP contribution in [0.4, 0.5) is 13.2 Å².